The van der Waals surface area contributed by atoms with Crippen LogP contribution in [0.5, 0.6) is 5.75 Å². The second-order valence-electron chi connectivity index (χ2n) is 3.76. The summed E-state index contributed by atoms with van der Waals surface area (Å²) in [5.41, 5.74) is -0.0845. The third kappa shape index (κ3) is 2.45. The van der Waals surface area contributed by atoms with Gasteiger partial charge >= 0.3 is 5.56 Å². The molecular formula is C13H12N4O2. The van der Waals surface area contributed by atoms with Crippen molar-refractivity contribution in [1.29, 1.82) is 5.26 Å². The van der Waals surface area contributed by atoms with Gasteiger partial charge in [0.1, 0.15) is 17.6 Å². The van der Waals surface area contributed by atoms with Crippen LogP contribution in [-0.2, 0) is 6.42 Å². The second-order valence-corrected chi connectivity index (χ2v) is 3.76. The number of benzene rings is 1. The molecule has 96 valence electrons. The van der Waals surface area contributed by atoms with Gasteiger partial charge in [-0.1, -0.05) is 6.92 Å². The minimum atomic E-state index is -0.593. The first kappa shape index (κ1) is 12.8. The molecule has 0 unspecified atom stereocenters. The SMILES string of the molecule is CCc1nc(=O)c(C#N)nn1-c1ccc(OC)cc1. The summed E-state index contributed by atoms with van der Waals surface area (Å²) >= 11 is 0. The van der Waals surface area contributed by atoms with Gasteiger partial charge in [0, 0.05) is 6.42 Å². The number of rotatable bonds is 3. The fourth-order valence-electron chi connectivity index (χ4n) is 1.65. The largest absolute Gasteiger partial charge is 0.497 e. The van der Waals surface area contributed by atoms with E-state index in [0.717, 1.165) is 11.4 Å². The first-order chi connectivity index (χ1) is 9.19. The molecule has 0 N–H and O–H groups in total. The van der Waals surface area contributed by atoms with E-state index in [1.54, 1.807) is 37.4 Å². The summed E-state index contributed by atoms with van der Waals surface area (Å²) < 4.78 is 6.58. The van der Waals surface area contributed by atoms with Crippen molar-refractivity contribution in [3.05, 3.63) is 46.1 Å². The zero-order chi connectivity index (χ0) is 13.8. The first-order valence-corrected chi connectivity index (χ1v) is 5.74. The van der Waals surface area contributed by atoms with E-state index in [4.69, 9.17) is 10.00 Å². The van der Waals surface area contributed by atoms with Crippen LogP contribution in [0.15, 0.2) is 29.1 Å². The van der Waals surface area contributed by atoms with E-state index in [1.165, 1.54) is 4.68 Å². The number of nitriles is 1. The number of methoxy groups -OCH3 is 1. The Bertz CT molecular complexity index is 683. The average molecular weight is 256 g/mol. The smallest absolute Gasteiger partial charge is 0.310 e. The lowest BCUT2D eigenvalue weighted by molar-refractivity contribution is 0.414. The zero-order valence-corrected chi connectivity index (χ0v) is 10.6. The summed E-state index contributed by atoms with van der Waals surface area (Å²) in [5, 5.41) is 12.9. The molecular weight excluding hydrogens is 244 g/mol. The summed E-state index contributed by atoms with van der Waals surface area (Å²) in [6, 6.07) is 8.88. The van der Waals surface area contributed by atoms with E-state index >= 15 is 0 Å². The van der Waals surface area contributed by atoms with Crippen molar-refractivity contribution < 1.29 is 4.74 Å². The molecule has 1 aromatic carbocycles. The van der Waals surface area contributed by atoms with Gasteiger partial charge in [-0.2, -0.15) is 10.2 Å². The second kappa shape index (κ2) is 5.31. The molecule has 0 amide bonds. The number of ether oxygens (including phenoxy) is 1. The summed E-state index contributed by atoms with van der Waals surface area (Å²) in [6.07, 6.45) is 0.542. The molecule has 0 aliphatic rings. The molecule has 0 aliphatic heterocycles. The van der Waals surface area contributed by atoms with Crippen LogP contribution in [0.4, 0.5) is 0 Å². The summed E-state index contributed by atoms with van der Waals surface area (Å²) in [7, 11) is 1.58. The van der Waals surface area contributed by atoms with Crippen molar-refractivity contribution in [2.24, 2.45) is 0 Å². The molecule has 0 spiro atoms. The Labute approximate surface area is 109 Å². The zero-order valence-electron chi connectivity index (χ0n) is 10.6. The van der Waals surface area contributed by atoms with Gasteiger partial charge in [-0.15, -0.1) is 5.10 Å². The van der Waals surface area contributed by atoms with E-state index in [1.807, 2.05) is 6.92 Å². The Kier molecular flexibility index (Phi) is 3.57. The third-order valence-electron chi connectivity index (χ3n) is 2.62. The fourth-order valence-corrected chi connectivity index (χ4v) is 1.65. The van der Waals surface area contributed by atoms with Crippen LogP contribution < -0.4 is 10.3 Å². The molecule has 0 bridgehead atoms. The number of hydrogen-bond acceptors (Lipinski definition) is 5. The van der Waals surface area contributed by atoms with Gasteiger partial charge in [-0.3, -0.25) is 4.79 Å². The quantitative estimate of drug-likeness (QED) is 0.820. The van der Waals surface area contributed by atoms with Crippen LogP contribution >= 0.6 is 0 Å². The third-order valence-corrected chi connectivity index (χ3v) is 2.62. The topological polar surface area (TPSA) is 80.8 Å². The molecule has 2 rings (SSSR count). The molecule has 1 aromatic heterocycles. The lowest BCUT2D eigenvalue weighted by Gasteiger charge is -2.10. The van der Waals surface area contributed by atoms with Crippen LogP contribution in [0, 0.1) is 11.3 Å². The fraction of sp³-hybridized carbons (Fsp3) is 0.231. The van der Waals surface area contributed by atoms with Crippen molar-refractivity contribution in [1.82, 2.24) is 14.8 Å². The van der Waals surface area contributed by atoms with Gasteiger partial charge in [-0.05, 0) is 24.3 Å². The van der Waals surface area contributed by atoms with Crippen LogP contribution in [-0.4, -0.2) is 21.9 Å². The Morgan fingerprint density at radius 3 is 2.58 bits per heavy atom. The molecule has 0 aliphatic carbocycles. The Morgan fingerprint density at radius 2 is 2.05 bits per heavy atom. The summed E-state index contributed by atoms with van der Waals surface area (Å²) in [4.78, 5) is 15.4. The van der Waals surface area contributed by atoms with Crippen molar-refractivity contribution in [3.8, 4) is 17.5 Å². The Balaban J connectivity index is 2.59. The predicted molar refractivity (Wildman–Crippen MR) is 68.3 cm³/mol. The van der Waals surface area contributed by atoms with Crippen LogP contribution in [0.25, 0.3) is 5.69 Å². The van der Waals surface area contributed by atoms with E-state index in [9.17, 15) is 4.79 Å². The number of nitrogens with zero attached hydrogens (tertiary/aromatic N) is 4. The van der Waals surface area contributed by atoms with E-state index in [0.29, 0.717) is 12.2 Å². The number of aromatic nitrogens is 3. The number of hydrogen-bond donors (Lipinski definition) is 0. The molecule has 19 heavy (non-hydrogen) atoms. The summed E-state index contributed by atoms with van der Waals surface area (Å²) in [6.45, 7) is 1.87. The van der Waals surface area contributed by atoms with E-state index < -0.39 is 5.56 Å². The van der Waals surface area contributed by atoms with Gasteiger partial charge in [0.15, 0.2) is 0 Å². The van der Waals surface area contributed by atoms with E-state index in [-0.39, 0.29) is 5.69 Å². The standard InChI is InChI=1S/C13H12N4O2/c1-3-12-15-13(18)11(8-14)16-17(12)9-4-6-10(19-2)7-5-9/h4-7H,3H2,1-2H3. The van der Waals surface area contributed by atoms with Gasteiger partial charge in [-0.25, -0.2) is 4.68 Å². The minimum absolute atomic E-state index is 0.215. The average Bonchev–Trinajstić information content (AvgIpc) is 2.47. The van der Waals surface area contributed by atoms with Crippen molar-refractivity contribution in [2.75, 3.05) is 7.11 Å². The molecule has 6 nitrogen and oxygen atoms in total. The predicted octanol–water partition coefficient (Wildman–Crippen LogP) is 1.07. The molecule has 6 heteroatoms. The molecule has 0 saturated carbocycles. The number of aryl methyl sites for hydroxylation is 1. The van der Waals surface area contributed by atoms with Crippen LogP contribution in [0.3, 0.4) is 0 Å². The molecule has 0 atom stereocenters. The first-order valence-electron chi connectivity index (χ1n) is 5.74. The highest BCUT2D eigenvalue weighted by Gasteiger charge is 2.10. The Hall–Kier alpha value is -2.68. The highest BCUT2D eigenvalue weighted by Crippen LogP contribution is 2.14. The van der Waals surface area contributed by atoms with Gasteiger partial charge in [0.25, 0.3) is 0 Å². The minimum Gasteiger partial charge on any atom is -0.497 e. The van der Waals surface area contributed by atoms with E-state index in [2.05, 4.69) is 10.1 Å². The van der Waals surface area contributed by atoms with Crippen LogP contribution in [0.2, 0.25) is 0 Å². The monoisotopic (exact) mass is 256 g/mol. The molecule has 0 saturated heterocycles. The Morgan fingerprint density at radius 1 is 1.37 bits per heavy atom. The maximum atomic E-state index is 11.5. The van der Waals surface area contributed by atoms with Gasteiger partial charge in [0.2, 0.25) is 5.69 Å². The van der Waals surface area contributed by atoms with Gasteiger partial charge < -0.3 is 4.74 Å². The molecule has 0 radical (unpaired) electrons. The van der Waals surface area contributed by atoms with Crippen molar-refractivity contribution >= 4 is 0 Å². The highest BCUT2D eigenvalue weighted by atomic mass is 16.5. The van der Waals surface area contributed by atoms with Crippen LogP contribution in [0.1, 0.15) is 18.4 Å². The van der Waals surface area contributed by atoms with Crippen molar-refractivity contribution in [2.45, 2.75) is 13.3 Å². The lowest BCUT2D eigenvalue weighted by atomic mass is 10.3. The molecule has 1 heterocycles. The lowest BCUT2D eigenvalue weighted by Crippen LogP contribution is -2.22. The maximum absolute atomic E-state index is 11.5. The maximum Gasteiger partial charge on any atom is 0.310 e. The summed E-state index contributed by atoms with van der Waals surface area (Å²) in [5.74, 6) is 1.23. The normalized spacial score (nSPS) is 9.95. The molecule has 2 aromatic rings. The highest BCUT2D eigenvalue weighted by molar-refractivity contribution is 5.37. The van der Waals surface area contributed by atoms with Crippen molar-refractivity contribution in [3.63, 3.8) is 0 Å². The molecule has 0 fully saturated rings. The van der Waals surface area contributed by atoms with Gasteiger partial charge in [0.05, 0.1) is 12.8 Å².